The number of allylic oxidation sites excluding steroid dienone is 3. The van der Waals surface area contributed by atoms with Crippen LogP contribution < -0.4 is 0 Å². The number of hydrogen-bond donors (Lipinski definition) is 1. The van der Waals surface area contributed by atoms with Gasteiger partial charge in [-0.05, 0) is 45.1 Å². The van der Waals surface area contributed by atoms with Crippen molar-refractivity contribution in [1.29, 1.82) is 0 Å². The number of piperidine rings is 1. The monoisotopic (exact) mass is 369 g/mol. The minimum atomic E-state index is 0.164. The van der Waals surface area contributed by atoms with Gasteiger partial charge >= 0.3 is 0 Å². The number of aromatic nitrogens is 2. The van der Waals surface area contributed by atoms with Crippen molar-refractivity contribution < 1.29 is 4.79 Å². The van der Waals surface area contributed by atoms with Gasteiger partial charge in [0.15, 0.2) is 0 Å². The summed E-state index contributed by atoms with van der Waals surface area (Å²) in [5, 5.41) is 8.80. The topological polar surface area (TPSA) is 49.0 Å². The molecule has 5 heteroatoms. The highest BCUT2D eigenvalue weighted by atomic mass is 32.1. The van der Waals surface area contributed by atoms with E-state index in [0.717, 1.165) is 48.2 Å². The molecule has 2 aromatic heterocycles. The van der Waals surface area contributed by atoms with E-state index < -0.39 is 0 Å². The predicted octanol–water partition coefficient (Wildman–Crippen LogP) is 5.44. The van der Waals surface area contributed by atoms with Crippen LogP contribution in [0.4, 0.5) is 0 Å². The number of carbonyl (C=O) groups excluding carboxylic acids is 1. The van der Waals surface area contributed by atoms with Crippen molar-refractivity contribution in [3.63, 3.8) is 0 Å². The Morgan fingerprint density at radius 1 is 1.46 bits per heavy atom. The van der Waals surface area contributed by atoms with Crippen molar-refractivity contribution in [2.75, 3.05) is 6.54 Å². The minimum Gasteiger partial charge on any atom is -0.335 e. The quantitative estimate of drug-likeness (QED) is 0.690. The van der Waals surface area contributed by atoms with E-state index >= 15 is 0 Å². The highest BCUT2D eigenvalue weighted by molar-refractivity contribution is 7.13. The first-order valence-electron chi connectivity index (χ1n) is 9.43. The number of rotatable bonds is 6. The summed E-state index contributed by atoms with van der Waals surface area (Å²) >= 11 is 1.60. The van der Waals surface area contributed by atoms with Gasteiger partial charge in [-0.3, -0.25) is 9.89 Å². The van der Waals surface area contributed by atoms with Gasteiger partial charge in [0.1, 0.15) is 0 Å². The minimum absolute atomic E-state index is 0.164. The Bertz CT molecular complexity index is 773. The fourth-order valence-corrected chi connectivity index (χ4v) is 4.46. The molecule has 0 radical (unpaired) electrons. The molecule has 4 nitrogen and oxygen atoms in total. The average Bonchev–Trinajstić information content (AvgIpc) is 3.33. The number of likely N-dealkylation sites (tertiary alicyclic amines) is 1. The van der Waals surface area contributed by atoms with Crippen LogP contribution in [0.2, 0.25) is 0 Å². The molecule has 0 aliphatic carbocycles. The lowest BCUT2D eigenvalue weighted by atomic mass is 9.94. The first kappa shape index (κ1) is 18.6. The highest BCUT2D eigenvalue weighted by Gasteiger charge is 2.28. The number of nitrogens with one attached hydrogen (secondary N) is 1. The standard InChI is InChI=1S/C21H27N3OS/c1-3-7-16(8-4-2)11-19-9-5-6-10-24(19)21(25)17-12-20(26-15-17)18-13-22-23-14-18/h3,7-8,12-15,19H,4-6,9-11H2,1-2H3,(H,22,23)/b7-3-,16-8+. The second-order valence-corrected chi connectivity index (χ2v) is 7.64. The Kier molecular flexibility index (Phi) is 6.45. The van der Waals surface area contributed by atoms with Crippen molar-refractivity contribution >= 4 is 17.2 Å². The molecule has 0 spiro atoms. The third-order valence-electron chi connectivity index (χ3n) is 4.84. The summed E-state index contributed by atoms with van der Waals surface area (Å²) in [5.41, 5.74) is 3.17. The van der Waals surface area contributed by atoms with Gasteiger partial charge in [0.05, 0.1) is 11.8 Å². The van der Waals surface area contributed by atoms with Crippen molar-refractivity contribution in [3.8, 4) is 10.4 Å². The fourth-order valence-electron chi connectivity index (χ4n) is 3.60. The van der Waals surface area contributed by atoms with Crippen LogP contribution in [0.25, 0.3) is 10.4 Å². The third kappa shape index (κ3) is 4.33. The number of aromatic amines is 1. The predicted molar refractivity (Wildman–Crippen MR) is 108 cm³/mol. The molecule has 1 amide bonds. The van der Waals surface area contributed by atoms with E-state index in [1.165, 1.54) is 12.0 Å². The molecule has 0 bridgehead atoms. The molecule has 3 rings (SSSR count). The molecule has 3 heterocycles. The van der Waals surface area contributed by atoms with Crippen LogP contribution in [0.5, 0.6) is 0 Å². The van der Waals surface area contributed by atoms with E-state index in [0.29, 0.717) is 6.04 Å². The van der Waals surface area contributed by atoms with Crippen molar-refractivity contribution in [2.45, 2.75) is 52.0 Å². The normalized spacial score (nSPS) is 18.6. The van der Waals surface area contributed by atoms with Crippen molar-refractivity contribution in [3.05, 3.63) is 53.2 Å². The number of nitrogens with zero attached hydrogens (tertiary/aromatic N) is 2. The average molecular weight is 370 g/mol. The lowest BCUT2D eigenvalue weighted by molar-refractivity contribution is 0.0615. The van der Waals surface area contributed by atoms with Gasteiger partial charge in [-0.15, -0.1) is 11.3 Å². The Morgan fingerprint density at radius 3 is 3.08 bits per heavy atom. The first-order valence-corrected chi connectivity index (χ1v) is 10.3. The zero-order valence-electron chi connectivity index (χ0n) is 15.6. The summed E-state index contributed by atoms with van der Waals surface area (Å²) in [7, 11) is 0. The Balaban J connectivity index is 1.76. The number of thiophene rings is 1. The third-order valence-corrected chi connectivity index (χ3v) is 5.81. The van der Waals surface area contributed by atoms with Crippen LogP contribution in [0.3, 0.4) is 0 Å². The highest BCUT2D eigenvalue weighted by Crippen LogP contribution is 2.30. The van der Waals surface area contributed by atoms with Gasteiger partial charge in [-0.2, -0.15) is 5.10 Å². The van der Waals surface area contributed by atoms with Gasteiger partial charge in [0.2, 0.25) is 0 Å². The number of amides is 1. The SMILES string of the molecule is C/C=C\C(=C/CC)CC1CCCCN1C(=O)c1csc(-c2cn[nH]c2)c1. The molecule has 1 aliphatic rings. The van der Waals surface area contributed by atoms with Gasteiger partial charge in [-0.25, -0.2) is 0 Å². The second-order valence-electron chi connectivity index (χ2n) is 6.73. The van der Waals surface area contributed by atoms with Gasteiger partial charge in [0.25, 0.3) is 5.91 Å². The molecule has 1 atom stereocenters. The molecule has 1 fully saturated rings. The van der Waals surface area contributed by atoms with E-state index in [2.05, 4.69) is 47.2 Å². The van der Waals surface area contributed by atoms with Crippen LogP contribution >= 0.6 is 11.3 Å². The van der Waals surface area contributed by atoms with E-state index in [1.54, 1.807) is 17.5 Å². The maximum Gasteiger partial charge on any atom is 0.254 e. The van der Waals surface area contributed by atoms with Crippen LogP contribution in [-0.2, 0) is 0 Å². The van der Waals surface area contributed by atoms with Gasteiger partial charge in [-0.1, -0.05) is 30.7 Å². The van der Waals surface area contributed by atoms with E-state index in [9.17, 15) is 4.79 Å². The summed E-state index contributed by atoms with van der Waals surface area (Å²) in [4.78, 5) is 16.3. The molecule has 1 saturated heterocycles. The smallest absolute Gasteiger partial charge is 0.254 e. The van der Waals surface area contributed by atoms with Crippen molar-refractivity contribution in [1.82, 2.24) is 15.1 Å². The molecule has 26 heavy (non-hydrogen) atoms. The Hall–Kier alpha value is -2.14. The maximum absolute atomic E-state index is 13.2. The molecule has 2 aromatic rings. The molecular formula is C21H27N3OS. The summed E-state index contributed by atoms with van der Waals surface area (Å²) in [6.45, 7) is 5.07. The van der Waals surface area contributed by atoms with Gasteiger partial charge in [0, 0.05) is 34.6 Å². The molecular weight excluding hydrogens is 342 g/mol. The Labute approximate surface area is 159 Å². The van der Waals surface area contributed by atoms with Crippen LogP contribution in [0.15, 0.2) is 47.6 Å². The number of H-pyrrole nitrogens is 1. The maximum atomic E-state index is 13.2. The van der Waals surface area contributed by atoms with E-state index in [1.807, 2.05) is 17.6 Å². The van der Waals surface area contributed by atoms with E-state index in [4.69, 9.17) is 0 Å². The molecule has 1 unspecified atom stereocenters. The molecule has 138 valence electrons. The Morgan fingerprint density at radius 2 is 2.35 bits per heavy atom. The molecule has 0 aromatic carbocycles. The lowest BCUT2D eigenvalue weighted by Crippen LogP contribution is -2.43. The van der Waals surface area contributed by atoms with E-state index in [-0.39, 0.29) is 5.91 Å². The number of hydrogen-bond acceptors (Lipinski definition) is 3. The molecule has 0 saturated carbocycles. The molecule has 1 N–H and O–H groups in total. The summed E-state index contributed by atoms with van der Waals surface area (Å²) < 4.78 is 0. The zero-order chi connectivity index (χ0) is 18.4. The fraction of sp³-hybridized carbons (Fsp3) is 0.429. The van der Waals surface area contributed by atoms with Crippen LogP contribution in [0, 0.1) is 0 Å². The van der Waals surface area contributed by atoms with Crippen LogP contribution in [0.1, 0.15) is 56.3 Å². The summed E-state index contributed by atoms with van der Waals surface area (Å²) in [5.74, 6) is 0.164. The van der Waals surface area contributed by atoms with Crippen molar-refractivity contribution in [2.24, 2.45) is 0 Å². The largest absolute Gasteiger partial charge is 0.335 e. The number of carbonyl (C=O) groups is 1. The summed E-state index contributed by atoms with van der Waals surface area (Å²) in [6.07, 6.45) is 15.6. The zero-order valence-corrected chi connectivity index (χ0v) is 16.4. The molecule has 1 aliphatic heterocycles. The van der Waals surface area contributed by atoms with Gasteiger partial charge < -0.3 is 4.90 Å². The van der Waals surface area contributed by atoms with Crippen LogP contribution in [-0.4, -0.2) is 33.6 Å². The summed E-state index contributed by atoms with van der Waals surface area (Å²) in [6, 6.07) is 2.29. The lowest BCUT2D eigenvalue weighted by Gasteiger charge is -2.36. The first-order chi connectivity index (χ1) is 12.7. The second kappa shape index (κ2) is 8.99.